The van der Waals surface area contributed by atoms with Crippen LogP contribution < -0.4 is 15.0 Å². The molecule has 2 aromatic carbocycles. The van der Waals surface area contributed by atoms with Crippen LogP contribution in [0.25, 0.3) is 0 Å². The smallest absolute Gasteiger partial charge is 0.276 e. The molecule has 5 heteroatoms. The molecule has 1 heterocycles. The number of hydrogen-bond donors (Lipinski definition) is 1. The fraction of sp³-hybridized carbons (Fsp3) is 0.182. The third-order valence-electron chi connectivity index (χ3n) is 4.24. The van der Waals surface area contributed by atoms with Gasteiger partial charge in [-0.2, -0.15) is 0 Å². The number of carbonyl (C=O) groups is 1. The number of hydrogen-bond acceptors (Lipinski definition) is 4. The molecule has 0 saturated heterocycles. The molecule has 5 nitrogen and oxygen atoms in total. The minimum atomic E-state index is -0.119. The van der Waals surface area contributed by atoms with Crippen molar-refractivity contribution in [3.05, 3.63) is 78.1 Å². The lowest BCUT2D eigenvalue weighted by Gasteiger charge is -2.21. The summed E-state index contributed by atoms with van der Waals surface area (Å²) in [6.07, 6.45) is 1.66. The zero-order valence-electron chi connectivity index (χ0n) is 15.8. The first-order valence-corrected chi connectivity index (χ1v) is 8.87. The van der Waals surface area contributed by atoms with E-state index in [-0.39, 0.29) is 5.91 Å². The zero-order chi connectivity index (χ0) is 19.2. The van der Waals surface area contributed by atoms with E-state index in [1.807, 2.05) is 68.4 Å². The number of nitrogens with zero attached hydrogens (tertiary/aromatic N) is 2. The van der Waals surface area contributed by atoms with Crippen LogP contribution in [0.5, 0.6) is 5.75 Å². The number of ether oxygens (including phenoxy) is 1. The monoisotopic (exact) mass is 361 g/mol. The highest BCUT2D eigenvalue weighted by Gasteiger charge is 2.17. The lowest BCUT2D eigenvalue weighted by molar-refractivity contribution is 0.0983. The first-order valence-electron chi connectivity index (χ1n) is 8.87. The van der Waals surface area contributed by atoms with Gasteiger partial charge in [0.2, 0.25) is 0 Å². The fourth-order valence-corrected chi connectivity index (χ4v) is 2.88. The third kappa shape index (κ3) is 4.26. The normalized spacial score (nSPS) is 10.3. The van der Waals surface area contributed by atoms with Gasteiger partial charge in [-0.05, 0) is 55.8 Å². The molecule has 1 aromatic heterocycles. The summed E-state index contributed by atoms with van der Waals surface area (Å²) >= 11 is 0. The predicted octanol–water partition coefficient (Wildman–Crippen LogP) is 4.81. The van der Waals surface area contributed by atoms with Crippen LogP contribution >= 0.6 is 0 Å². The van der Waals surface area contributed by atoms with Gasteiger partial charge in [-0.1, -0.05) is 24.3 Å². The van der Waals surface area contributed by atoms with Crippen LogP contribution in [0.3, 0.4) is 0 Å². The Morgan fingerprint density at radius 3 is 2.59 bits per heavy atom. The number of amides is 1. The van der Waals surface area contributed by atoms with Crippen molar-refractivity contribution in [3.63, 3.8) is 0 Å². The van der Waals surface area contributed by atoms with Gasteiger partial charge >= 0.3 is 0 Å². The Kier molecular flexibility index (Phi) is 5.71. The first kappa shape index (κ1) is 18.5. The second-order valence-electron chi connectivity index (χ2n) is 6.15. The molecule has 3 rings (SSSR count). The van der Waals surface area contributed by atoms with Crippen molar-refractivity contribution in [1.29, 1.82) is 0 Å². The van der Waals surface area contributed by atoms with Crippen molar-refractivity contribution in [2.75, 3.05) is 23.9 Å². The average Bonchev–Trinajstić information content (AvgIpc) is 2.69. The van der Waals surface area contributed by atoms with Crippen molar-refractivity contribution in [2.24, 2.45) is 0 Å². The van der Waals surface area contributed by atoms with E-state index in [4.69, 9.17) is 4.74 Å². The highest BCUT2D eigenvalue weighted by Crippen LogP contribution is 2.27. The van der Waals surface area contributed by atoms with Crippen LogP contribution in [-0.4, -0.2) is 24.5 Å². The zero-order valence-corrected chi connectivity index (χ0v) is 15.8. The first-order chi connectivity index (χ1) is 13.1. The molecule has 0 saturated carbocycles. The third-order valence-corrected chi connectivity index (χ3v) is 4.24. The predicted molar refractivity (Wildman–Crippen MR) is 109 cm³/mol. The van der Waals surface area contributed by atoms with Gasteiger partial charge in [-0.25, -0.2) is 4.98 Å². The standard InChI is InChI=1S/C22H23N3O2/c1-4-25(18-9-7-8-16(2)14-18)22(26)20-13-12-17(15-23-20)24-19-10-5-6-11-21(19)27-3/h5-15,24H,4H2,1-3H3. The van der Waals surface area contributed by atoms with Crippen LogP contribution in [0.4, 0.5) is 17.1 Å². The van der Waals surface area contributed by atoms with Gasteiger partial charge in [0.25, 0.3) is 5.91 Å². The van der Waals surface area contributed by atoms with E-state index in [0.29, 0.717) is 12.2 Å². The van der Waals surface area contributed by atoms with E-state index in [9.17, 15) is 4.79 Å². The average molecular weight is 361 g/mol. The minimum Gasteiger partial charge on any atom is -0.495 e. The van der Waals surface area contributed by atoms with Crippen molar-refractivity contribution < 1.29 is 9.53 Å². The van der Waals surface area contributed by atoms with E-state index in [1.165, 1.54) is 0 Å². The number of para-hydroxylation sites is 2. The summed E-state index contributed by atoms with van der Waals surface area (Å²) in [5.41, 5.74) is 4.03. The Bertz CT molecular complexity index is 923. The molecular formula is C22H23N3O2. The maximum absolute atomic E-state index is 12.9. The lowest BCUT2D eigenvalue weighted by Crippen LogP contribution is -2.31. The van der Waals surface area contributed by atoms with E-state index >= 15 is 0 Å². The number of nitrogens with one attached hydrogen (secondary N) is 1. The summed E-state index contributed by atoms with van der Waals surface area (Å²) < 4.78 is 5.34. The molecule has 0 aliphatic rings. The molecule has 0 spiro atoms. The number of pyridine rings is 1. The van der Waals surface area contributed by atoms with Crippen LogP contribution in [0, 0.1) is 6.92 Å². The Hall–Kier alpha value is -3.34. The fourth-order valence-electron chi connectivity index (χ4n) is 2.88. The summed E-state index contributed by atoms with van der Waals surface area (Å²) in [6.45, 7) is 4.54. The molecule has 1 N–H and O–H groups in total. The van der Waals surface area contributed by atoms with Crippen LogP contribution in [0.2, 0.25) is 0 Å². The summed E-state index contributed by atoms with van der Waals surface area (Å²) in [4.78, 5) is 19.0. The molecule has 3 aromatic rings. The summed E-state index contributed by atoms with van der Waals surface area (Å²) in [6, 6.07) is 19.1. The van der Waals surface area contributed by atoms with Gasteiger partial charge in [0.1, 0.15) is 11.4 Å². The maximum atomic E-state index is 12.9. The van der Waals surface area contributed by atoms with E-state index < -0.39 is 0 Å². The molecule has 0 radical (unpaired) electrons. The molecular weight excluding hydrogens is 338 g/mol. The quantitative estimate of drug-likeness (QED) is 0.685. The SMILES string of the molecule is CCN(C(=O)c1ccc(Nc2ccccc2OC)cn1)c1cccc(C)c1. The number of anilines is 3. The van der Waals surface area contributed by atoms with Gasteiger partial charge in [-0.3, -0.25) is 4.79 Å². The molecule has 0 bridgehead atoms. The number of rotatable bonds is 6. The second kappa shape index (κ2) is 8.36. The summed E-state index contributed by atoms with van der Waals surface area (Å²) in [7, 11) is 1.63. The highest BCUT2D eigenvalue weighted by molar-refractivity contribution is 6.04. The molecule has 0 aliphatic carbocycles. The Morgan fingerprint density at radius 1 is 1.11 bits per heavy atom. The van der Waals surface area contributed by atoms with E-state index in [2.05, 4.69) is 10.3 Å². The number of methoxy groups -OCH3 is 1. The Morgan fingerprint density at radius 2 is 1.93 bits per heavy atom. The van der Waals surface area contributed by atoms with Crippen molar-refractivity contribution in [1.82, 2.24) is 4.98 Å². The van der Waals surface area contributed by atoms with Crippen molar-refractivity contribution in [3.8, 4) is 5.75 Å². The lowest BCUT2D eigenvalue weighted by atomic mass is 10.2. The molecule has 0 atom stereocenters. The molecule has 0 unspecified atom stereocenters. The van der Waals surface area contributed by atoms with Gasteiger partial charge < -0.3 is 15.0 Å². The molecule has 0 aliphatic heterocycles. The Balaban J connectivity index is 1.78. The number of carbonyl (C=O) groups excluding carboxylic acids is 1. The van der Waals surface area contributed by atoms with Crippen LogP contribution in [-0.2, 0) is 0 Å². The summed E-state index contributed by atoms with van der Waals surface area (Å²) in [5.74, 6) is 0.626. The topological polar surface area (TPSA) is 54.5 Å². The van der Waals surface area contributed by atoms with Crippen LogP contribution in [0.15, 0.2) is 66.9 Å². The number of benzene rings is 2. The van der Waals surface area contributed by atoms with Crippen LogP contribution in [0.1, 0.15) is 23.0 Å². The summed E-state index contributed by atoms with van der Waals surface area (Å²) in [5, 5.41) is 3.26. The van der Waals surface area contributed by atoms with E-state index in [0.717, 1.165) is 28.4 Å². The second-order valence-corrected chi connectivity index (χ2v) is 6.15. The van der Waals surface area contributed by atoms with Gasteiger partial charge in [0.05, 0.1) is 24.7 Å². The van der Waals surface area contributed by atoms with E-state index in [1.54, 1.807) is 24.3 Å². The Labute approximate surface area is 159 Å². The molecule has 1 amide bonds. The maximum Gasteiger partial charge on any atom is 0.276 e. The van der Waals surface area contributed by atoms with Gasteiger partial charge in [0, 0.05) is 12.2 Å². The molecule has 138 valence electrons. The highest BCUT2D eigenvalue weighted by atomic mass is 16.5. The minimum absolute atomic E-state index is 0.119. The molecule has 0 fully saturated rings. The van der Waals surface area contributed by atoms with Crippen molar-refractivity contribution in [2.45, 2.75) is 13.8 Å². The van der Waals surface area contributed by atoms with Crippen molar-refractivity contribution >= 4 is 23.0 Å². The number of aryl methyl sites for hydroxylation is 1. The largest absolute Gasteiger partial charge is 0.495 e. The van der Waals surface area contributed by atoms with Gasteiger partial charge in [0.15, 0.2) is 0 Å². The number of aromatic nitrogens is 1. The van der Waals surface area contributed by atoms with Gasteiger partial charge in [-0.15, -0.1) is 0 Å². The molecule has 27 heavy (non-hydrogen) atoms.